The molecule has 4 aromatic rings. The number of nitrogens with zero attached hydrogens (tertiary/aromatic N) is 4. The number of carbonyl (C=O) groups is 1. The Kier molecular flexibility index (Phi) is 3.50. The van der Waals surface area contributed by atoms with Gasteiger partial charge in [0, 0.05) is 22.1 Å². The van der Waals surface area contributed by atoms with Gasteiger partial charge in [-0.3, -0.25) is 9.79 Å². The molecule has 1 aromatic heterocycles. The van der Waals surface area contributed by atoms with Gasteiger partial charge in [-0.2, -0.15) is 5.21 Å². The first-order valence-corrected chi connectivity index (χ1v) is 8.50. The van der Waals surface area contributed by atoms with Crippen molar-refractivity contribution in [1.29, 1.82) is 0 Å². The summed E-state index contributed by atoms with van der Waals surface area (Å²) >= 11 is 0. The van der Waals surface area contributed by atoms with Crippen molar-refractivity contribution in [2.45, 2.75) is 0 Å². The predicted octanol–water partition coefficient (Wildman–Crippen LogP) is 2.81. The molecule has 0 spiro atoms. The summed E-state index contributed by atoms with van der Waals surface area (Å²) in [5, 5.41) is 19.1. The van der Waals surface area contributed by atoms with E-state index in [1.54, 1.807) is 0 Å². The first-order valence-electron chi connectivity index (χ1n) is 8.50. The molecule has 0 saturated carbocycles. The summed E-state index contributed by atoms with van der Waals surface area (Å²) in [5.41, 5.74) is 4.28. The lowest BCUT2D eigenvalue weighted by molar-refractivity contribution is -0.114. The fourth-order valence-electron chi connectivity index (χ4n) is 3.33. The monoisotopic (exact) mass is 354 g/mol. The summed E-state index contributed by atoms with van der Waals surface area (Å²) in [6, 6.07) is 19.8. The third-order valence-electron chi connectivity index (χ3n) is 4.59. The van der Waals surface area contributed by atoms with Crippen LogP contribution in [-0.2, 0) is 4.79 Å². The van der Waals surface area contributed by atoms with Crippen LogP contribution in [0.5, 0.6) is 0 Å². The maximum atomic E-state index is 12.2. The maximum absolute atomic E-state index is 12.2. The zero-order valence-electron chi connectivity index (χ0n) is 14.2. The van der Waals surface area contributed by atoms with Gasteiger partial charge in [-0.25, -0.2) is 0 Å². The molecule has 3 aromatic carbocycles. The van der Waals surface area contributed by atoms with Crippen LogP contribution in [0.1, 0.15) is 11.1 Å². The van der Waals surface area contributed by atoms with E-state index in [4.69, 9.17) is 0 Å². The van der Waals surface area contributed by atoms with E-state index in [1.807, 2.05) is 54.6 Å². The molecule has 1 aliphatic rings. The Balaban J connectivity index is 1.65. The lowest BCUT2D eigenvalue weighted by Crippen LogP contribution is -2.13. The van der Waals surface area contributed by atoms with Crippen LogP contribution in [0, 0.1) is 0 Å². The third-order valence-corrected chi connectivity index (χ3v) is 4.59. The number of hydrogen-bond donors (Lipinski definition) is 2. The van der Waals surface area contributed by atoms with Crippen LogP contribution >= 0.6 is 0 Å². The molecule has 0 aliphatic carbocycles. The highest BCUT2D eigenvalue weighted by molar-refractivity contribution is 6.23. The average Bonchev–Trinajstić information content (AvgIpc) is 3.19. The summed E-state index contributed by atoms with van der Waals surface area (Å²) in [4.78, 5) is 16.8. The molecule has 0 radical (unpaired) electrons. The molecule has 0 saturated heterocycles. The lowest BCUT2D eigenvalue weighted by Gasteiger charge is -2.13. The van der Waals surface area contributed by atoms with Crippen molar-refractivity contribution in [3.63, 3.8) is 0 Å². The van der Waals surface area contributed by atoms with Gasteiger partial charge in [-0.15, -0.1) is 10.2 Å². The zero-order valence-corrected chi connectivity index (χ0v) is 14.2. The van der Waals surface area contributed by atoms with Crippen molar-refractivity contribution in [3.05, 3.63) is 71.8 Å². The molecule has 0 atom stereocenters. The van der Waals surface area contributed by atoms with E-state index in [1.165, 1.54) is 0 Å². The fourth-order valence-corrected chi connectivity index (χ4v) is 3.33. The molecule has 2 N–H and O–H groups in total. The van der Waals surface area contributed by atoms with Crippen LogP contribution in [0.2, 0.25) is 0 Å². The number of carbonyl (C=O) groups excluding carboxylic acids is 1. The Morgan fingerprint density at radius 1 is 0.889 bits per heavy atom. The quantitative estimate of drug-likeness (QED) is 0.578. The van der Waals surface area contributed by atoms with Crippen molar-refractivity contribution in [2.24, 2.45) is 4.99 Å². The van der Waals surface area contributed by atoms with Gasteiger partial charge in [0.25, 0.3) is 0 Å². The van der Waals surface area contributed by atoms with E-state index in [9.17, 15) is 4.79 Å². The molecule has 1 amide bonds. The van der Waals surface area contributed by atoms with Crippen molar-refractivity contribution < 1.29 is 4.79 Å². The van der Waals surface area contributed by atoms with Crippen LogP contribution in [0.4, 0.5) is 5.69 Å². The number of rotatable bonds is 2. The number of fused-ring (bicyclic) bond motifs is 3. The second-order valence-corrected chi connectivity index (χ2v) is 6.24. The van der Waals surface area contributed by atoms with Crippen LogP contribution in [-0.4, -0.2) is 38.8 Å². The molecule has 0 fully saturated rings. The Labute approximate surface area is 154 Å². The first kappa shape index (κ1) is 15.4. The largest absolute Gasteiger partial charge is 0.323 e. The van der Waals surface area contributed by atoms with Gasteiger partial charge in [0.1, 0.15) is 6.54 Å². The number of aromatic nitrogens is 4. The molecule has 2 heterocycles. The van der Waals surface area contributed by atoms with E-state index in [0.29, 0.717) is 5.82 Å². The highest BCUT2D eigenvalue weighted by Gasteiger charge is 2.20. The molecule has 130 valence electrons. The van der Waals surface area contributed by atoms with E-state index in [2.05, 4.69) is 37.0 Å². The number of aliphatic imine (C=N–C) groups is 1. The summed E-state index contributed by atoms with van der Waals surface area (Å²) in [6.07, 6.45) is 0. The summed E-state index contributed by atoms with van der Waals surface area (Å²) in [5.74, 6) is 0.415. The van der Waals surface area contributed by atoms with Crippen LogP contribution in [0.3, 0.4) is 0 Å². The number of hydrogen-bond acceptors (Lipinski definition) is 5. The number of amides is 1. The number of benzene rings is 3. The van der Waals surface area contributed by atoms with Gasteiger partial charge in [0.05, 0.1) is 11.4 Å². The average molecular weight is 354 g/mol. The van der Waals surface area contributed by atoms with Gasteiger partial charge in [0.2, 0.25) is 11.7 Å². The molecule has 0 unspecified atom stereocenters. The van der Waals surface area contributed by atoms with E-state index < -0.39 is 0 Å². The minimum atomic E-state index is -0.119. The van der Waals surface area contributed by atoms with E-state index in [-0.39, 0.29) is 12.5 Å². The van der Waals surface area contributed by atoms with Gasteiger partial charge in [0.15, 0.2) is 0 Å². The molecule has 27 heavy (non-hydrogen) atoms. The highest BCUT2D eigenvalue weighted by atomic mass is 16.1. The zero-order chi connectivity index (χ0) is 18.2. The number of H-pyrrole nitrogens is 1. The van der Waals surface area contributed by atoms with Crippen LogP contribution in [0.25, 0.3) is 22.2 Å². The highest BCUT2D eigenvalue weighted by Crippen LogP contribution is 2.31. The number of anilines is 1. The maximum Gasteiger partial charge on any atom is 0.246 e. The summed E-state index contributed by atoms with van der Waals surface area (Å²) < 4.78 is 0. The molecule has 7 heteroatoms. The molecular formula is C20H14N6O. The molecule has 1 aliphatic heterocycles. The van der Waals surface area contributed by atoms with E-state index >= 15 is 0 Å². The fraction of sp³-hybridized carbons (Fsp3) is 0.0500. The van der Waals surface area contributed by atoms with Gasteiger partial charge < -0.3 is 5.32 Å². The smallest absolute Gasteiger partial charge is 0.246 e. The standard InChI is InChI=1S/C20H14N6O/c27-17-11-21-18(13-5-7-14(8-6-13)20-23-25-26-24-20)16-10-9-12-3-1-2-4-15(12)19(16)22-17/h1-10H,11H2,(H,22,27)(H,23,24,25,26). The minimum Gasteiger partial charge on any atom is -0.323 e. The molecular weight excluding hydrogens is 340 g/mol. The van der Waals surface area contributed by atoms with Crippen molar-refractivity contribution in [3.8, 4) is 11.4 Å². The Hall–Kier alpha value is -3.87. The summed E-state index contributed by atoms with van der Waals surface area (Å²) in [7, 11) is 0. The third kappa shape index (κ3) is 2.65. The first-order chi connectivity index (χ1) is 13.3. The Bertz CT molecular complexity index is 1180. The van der Waals surface area contributed by atoms with E-state index in [0.717, 1.165) is 38.9 Å². The summed E-state index contributed by atoms with van der Waals surface area (Å²) in [6.45, 7) is 0.0882. The SMILES string of the molecule is O=C1CN=C(c2ccc(-c3nn[nH]n3)cc2)c2ccc3ccccc3c2N1. The number of aromatic amines is 1. The van der Waals surface area contributed by atoms with Crippen molar-refractivity contribution in [2.75, 3.05) is 11.9 Å². The van der Waals surface area contributed by atoms with Gasteiger partial charge in [-0.05, 0) is 10.6 Å². The topological polar surface area (TPSA) is 95.9 Å². The number of nitrogens with one attached hydrogen (secondary N) is 2. The Morgan fingerprint density at radius 2 is 1.70 bits per heavy atom. The Morgan fingerprint density at radius 3 is 2.52 bits per heavy atom. The normalized spacial score (nSPS) is 13.6. The van der Waals surface area contributed by atoms with Crippen molar-refractivity contribution >= 4 is 28.1 Å². The van der Waals surface area contributed by atoms with Crippen molar-refractivity contribution in [1.82, 2.24) is 20.6 Å². The molecule has 0 bridgehead atoms. The van der Waals surface area contributed by atoms with Crippen LogP contribution < -0.4 is 5.32 Å². The predicted molar refractivity (Wildman–Crippen MR) is 103 cm³/mol. The van der Waals surface area contributed by atoms with Gasteiger partial charge in [-0.1, -0.05) is 60.7 Å². The molecule has 7 nitrogen and oxygen atoms in total. The minimum absolute atomic E-state index is 0.0882. The van der Waals surface area contributed by atoms with Gasteiger partial charge >= 0.3 is 0 Å². The van der Waals surface area contributed by atoms with Crippen LogP contribution in [0.15, 0.2) is 65.7 Å². The molecule has 5 rings (SSSR count). The lowest BCUT2D eigenvalue weighted by atomic mass is 9.96. The second-order valence-electron chi connectivity index (χ2n) is 6.24. The second kappa shape index (κ2) is 6.14. The number of tetrazole rings is 1.